The van der Waals surface area contributed by atoms with Gasteiger partial charge < -0.3 is 19.9 Å². The molecule has 2 amide bonds. The molecule has 0 saturated carbocycles. The van der Waals surface area contributed by atoms with Gasteiger partial charge in [-0.3, -0.25) is 9.59 Å². The lowest BCUT2D eigenvalue weighted by molar-refractivity contribution is -0.130. The topological polar surface area (TPSA) is 85.2 Å². The first kappa shape index (κ1) is 22.0. The number of carbonyl (C=O) groups excluding carboxylic acids is 2. The van der Waals surface area contributed by atoms with Crippen molar-refractivity contribution in [3.8, 4) is 0 Å². The van der Waals surface area contributed by atoms with Crippen molar-refractivity contribution >= 4 is 28.5 Å². The molecule has 1 atom stereocenters. The van der Waals surface area contributed by atoms with Crippen LogP contribution in [0.25, 0.3) is 11.0 Å². The van der Waals surface area contributed by atoms with Crippen molar-refractivity contribution in [3.63, 3.8) is 0 Å². The third-order valence-corrected chi connectivity index (χ3v) is 5.92. The summed E-state index contributed by atoms with van der Waals surface area (Å²) in [5, 5.41) is 5.95. The van der Waals surface area contributed by atoms with Crippen LogP contribution in [-0.2, 0) is 27.3 Å². The van der Waals surface area contributed by atoms with E-state index < -0.39 is 0 Å². The number of para-hydroxylation sites is 2. The number of ether oxygens (including phenoxy) is 1. The Labute approximate surface area is 188 Å². The third kappa shape index (κ3) is 5.16. The Morgan fingerprint density at radius 2 is 2.00 bits per heavy atom. The van der Waals surface area contributed by atoms with Crippen molar-refractivity contribution in [2.24, 2.45) is 0 Å². The predicted molar refractivity (Wildman–Crippen MR) is 125 cm³/mol. The van der Waals surface area contributed by atoms with Gasteiger partial charge in [-0.1, -0.05) is 18.2 Å². The SMILES string of the molecule is Cc1ccc(NC(=O)Cn2c(CCCNC(=O)C3CCCO3)nc3ccccc32)cc1C. The molecule has 168 valence electrons. The molecule has 0 aliphatic carbocycles. The van der Waals surface area contributed by atoms with Crippen LogP contribution in [0.2, 0.25) is 0 Å². The summed E-state index contributed by atoms with van der Waals surface area (Å²) in [6, 6.07) is 13.7. The summed E-state index contributed by atoms with van der Waals surface area (Å²) in [5.41, 5.74) is 4.92. The highest BCUT2D eigenvalue weighted by Crippen LogP contribution is 2.19. The van der Waals surface area contributed by atoms with Crippen molar-refractivity contribution in [1.29, 1.82) is 0 Å². The van der Waals surface area contributed by atoms with E-state index in [1.807, 2.05) is 60.9 Å². The summed E-state index contributed by atoms with van der Waals surface area (Å²) >= 11 is 0. The Morgan fingerprint density at radius 3 is 2.78 bits per heavy atom. The highest BCUT2D eigenvalue weighted by molar-refractivity contribution is 5.92. The molecule has 7 nitrogen and oxygen atoms in total. The number of carbonyl (C=O) groups is 2. The lowest BCUT2D eigenvalue weighted by Crippen LogP contribution is -2.34. The maximum absolute atomic E-state index is 12.8. The number of nitrogens with zero attached hydrogens (tertiary/aromatic N) is 2. The molecule has 4 rings (SSSR count). The summed E-state index contributed by atoms with van der Waals surface area (Å²) < 4.78 is 7.39. The number of aryl methyl sites for hydroxylation is 3. The summed E-state index contributed by atoms with van der Waals surface area (Å²) in [6.07, 6.45) is 2.82. The maximum atomic E-state index is 12.8. The van der Waals surface area contributed by atoms with Gasteiger partial charge in [0.15, 0.2) is 0 Å². The van der Waals surface area contributed by atoms with Crippen LogP contribution in [-0.4, -0.2) is 40.6 Å². The molecule has 2 N–H and O–H groups in total. The van der Waals surface area contributed by atoms with E-state index in [2.05, 4.69) is 10.6 Å². The second-order valence-electron chi connectivity index (χ2n) is 8.35. The van der Waals surface area contributed by atoms with E-state index >= 15 is 0 Å². The first-order valence-corrected chi connectivity index (χ1v) is 11.2. The molecule has 0 bridgehead atoms. The van der Waals surface area contributed by atoms with Crippen molar-refractivity contribution < 1.29 is 14.3 Å². The Morgan fingerprint density at radius 1 is 1.16 bits per heavy atom. The zero-order chi connectivity index (χ0) is 22.5. The minimum Gasteiger partial charge on any atom is -0.368 e. The van der Waals surface area contributed by atoms with Crippen molar-refractivity contribution in [1.82, 2.24) is 14.9 Å². The van der Waals surface area contributed by atoms with Crippen molar-refractivity contribution in [3.05, 3.63) is 59.4 Å². The van der Waals surface area contributed by atoms with Gasteiger partial charge in [0.05, 0.1) is 11.0 Å². The molecule has 2 aromatic carbocycles. The highest BCUT2D eigenvalue weighted by atomic mass is 16.5. The normalized spacial score (nSPS) is 15.8. The molecule has 1 aliphatic heterocycles. The van der Waals surface area contributed by atoms with Gasteiger partial charge in [0, 0.05) is 25.3 Å². The largest absolute Gasteiger partial charge is 0.368 e. The number of hydrogen-bond donors (Lipinski definition) is 2. The van der Waals surface area contributed by atoms with E-state index in [0.29, 0.717) is 19.6 Å². The standard InChI is InChI=1S/C25H30N4O3/c1-17-11-12-19(15-18(17)2)27-24(30)16-29-21-8-4-3-7-20(21)28-23(29)10-5-13-26-25(31)22-9-6-14-32-22/h3-4,7-8,11-12,15,22H,5-6,9-10,13-14,16H2,1-2H3,(H,26,31)(H,27,30). The minimum absolute atomic E-state index is 0.0382. The first-order chi connectivity index (χ1) is 15.5. The smallest absolute Gasteiger partial charge is 0.249 e. The molecular formula is C25H30N4O3. The van der Waals surface area contributed by atoms with Gasteiger partial charge >= 0.3 is 0 Å². The predicted octanol–water partition coefficient (Wildman–Crippen LogP) is 3.52. The first-order valence-electron chi connectivity index (χ1n) is 11.2. The number of anilines is 1. The Bertz CT molecular complexity index is 1120. The number of rotatable bonds is 8. The fourth-order valence-corrected chi connectivity index (χ4v) is 4.01. The van der Waals surface area contributed by atoms with Gasteiger partial charge in [0.2, 0.25) is 11.8 Å². The second-order valence-corrected chi connectivity index (χ2v) is 8.35. The molecular weight excluding hydrogens is 404 g/mol. The average Bonchev–Trinajstić information content (AvgIpc) is 3.43. The van der Waals surface area contributed by atoms with Crippen molar-refractivity contribution in [2.45, 2.75) is 52.2 Å². The molecule has 1 fully saturated rings. The van der Waals surface area contributed by atoms with Gasteiger partial charge in [0.25, 0.3) is 0 Å². The highest BCUT2D eigenvalue weighted by Gasteiger charge is 2.23. The summed E-state index contributed by atoms with van der Waals surface area (Å²) in [5.74, 6) is 0.709. The zero-order valence-corrected chi connectivity index (χ0v) is 18.7. The van der Waals surface area contributed by atoms with Crippen LogP contribution >= 0.6 is 0 Å². The van der Waals surface area contributed by atoms with Gasteiger partial charge in [-0.15, -0.1) is 0 Å². The van der Waals surface area contributed by atoms with Gasteiger partial charge in [-0.05, 0) is 68.5 Å². The number of amides is 2. The van der Waals surface area contributed by atoms with Crippen LogP contribution in [0.5, 0.6) is 0 Å². The molecule has 7 heteroatoms. The van der Waals surface area contributed by atoms with Crippen LogP contribution in [0.1, 0.15) is 36.2 Å². The number of hydrogen-bond acceptors (Lipinski definition) is 4. The number of benzene rings is 2. The Balaban J connectivity index is 1.41. The third-order valence-electron chi connectivity index (χ3n) is 5.92. The number of aromatic nitrogens is 2. The number of fused-ring (bicyclic) bond motifs is 1. The van der Waals surface area contributed by atoms with E-state index in [9.17, 15) is 9.59 Å². The lowest BCUT2D eigenvalue weighted by Gasteiger charge is -2.12. The maximum Gasteiger partial charge on any atom is 0.249 e. The molecule has 1 unspecified atom stereocenters. The molecule has 1 aromatic heterocycles. The van der Waals surface area contributed by atoms with E-state index in [-0.39, 0.29) is 24.5 Å². The molecule has 32 heavy (non-hydrogen) atoms. The quantitative estimate of drug-likeness (QED) is 0.531. The summed E-state index contributed by atoms with van der Waals surface area (Å²) in [7, 11) is 0. The minimum atomic E-state index is -0.311. The van der Waals surface area contributed by atoms with Crippen molar-refractivity contribution in [2.75, 3.05) is 18.5 Å². The van der Waals surface area contributed by atoms with E-state index in [4.69, 9.17) is 9.72 Å². The molecule has 0 radical (unpaired) electrons. The van der Waals surface area contributed by atoms with E-state index in [1.54, 1.807) is 0 Å². The fraction of sp³-hybridized carbons (Fsp3) is 0.400. The molecule has 2 heterocycles. The van der Waals surface area contributed by atoms with Crippen LogP contribution in [0, 0.1) is 13.8 Å². The molecule has 0 spiro atoms. The van der Waals surface area contributed by atoms with Crippen LogP contribution in [0.15, 0.2) is 42.5 Å². The summed E-state index contributed by atoms with van der Waals surface area (Å²) in [6.45, 7) is 5.48. The molecule has 3 aromatic rings. The van der Waals surface area contributed by atoms with Crippen LogP contribution < -0.4 is 10.6 Å². The zero-order valence-electron chi connectivity index (χ0n) is 18.7. The molecule has 1 aliphatic rings. The Kier molecular flexibility index (Phi) is 6.85. The van der Waals surface area contributed by atoms with E-state index in [1.165, 1.54) is 5.56 Å². The second kappa shape index (κ2) is 9.96. The summed E-state index contributed by atoms with van der Waals surface area (Å²) in [4.78, 5) is 29.7. The van der Waals surface area contributed by atoms with Gasteiger partial charge in [0.1, 0.15) is 18.5 Å². The molecule has 1 saturated heterocycles. The van der Waals surface area contributed by atoms with Crippen LogP contribution in [0.4, 0.5) is 5.69 Å². The Hall–Kier alpha value is -3.19. The monoisotopic (exact) mass is 434 g/mol. The lowest BCUT2D eigenvalue weighted by atomic mass is 10.1. The number of imidazole rings is 1. The van der Waals surface area contributed by atoms with Gasteiger partial charge in [-0.2, -0.15) is 0 Å². The fourth-order valence-electron chi connectivity index (χ4n) is 4.01. The van der Waals surface area contributed by atoms with E-state index in [0.717, 1.165) is 47.4 Å². The van der Waals surface area contributed by atoms with Gasteiger partial charge in [-0.25, -0.2) is 4.98 Å². The van der Waals surface area contributed by atoms with Crippen LogP contribution in [0.3, 0.4) is 0 Å². The average molecular weight is 435 g/mol. The number of nitrogens with one attached hydrogen (secondary N) is 2.